The van der Waals surface area contributed by atoms with E-state index in [4.69, 9.17) is 9.47 Å². The van der Waals surface area contributed by atoms with Gasteiger partial charge in [0.1, 0.15) is 0 Å². The fraction of sp³-hybridized carbons (Fsp3) is 0.812. The Balaban J connectivity index is 0.0000000786. The number of hydrogen-bond acceptors (Lipinski definition) is 4. The third kappa shape index (κ3) is 9.71. The second-order valence-corrected chi connectivity index (χ2v) is 36.9. The van der Waals surface area contributed by atoms with Gasteiger partial charge in [-0.05, 0) is 356 Å². The molecule has 36 unspecified atom stereocenters. The molecule has 17 saturated carbocycles. The summed E-state index contributed by atoms with van der Waals surface area (Å²) >= 11 is 0. The Morgan fingerprint density at radius 3 is 1.38 bits per heavy atom. The van der Waals surface area contributed by atoms with E-state index >= 15 is 0 Å². The van der Waals surface area contributed by atoms with Crippen LogP contribution in [0.3, 0.4) is 0 Å². The Bertz CT molecular complexity index is 2820. The molecule has 482 valence electrons. The molecular formula is C85H118O4. The Morgan fingerprint density at radius 2 is 0.854 bits per heavy atom. The minimum absolute atomic E-state index is 0.0534. The van der Waals surface area contributed by atoms with Crippen molar-refractivity contribution in [2.75, 3.05) is 13.7 Å². The van der Waals surface area contributed by atoms with Gasteiger partial charge in [-0.15, -0.1) is 0 Å². The Hall–Kier alpha value is -2.88. The second-order valence-electron chi connectivity index (χ2n) is 36.9. The summed E-state index contributed by atoms with van der Waals surface area (Å²) in [4.78, 5) is 24.1. The average molecular weight is 1200 g/mol. The molecule has 24 aliphatic carbocycles. The maximum Gasteiger partial charge on any atom is 0.312 e. The average Bonchev–Trinajstić information content (AvgIpc) is 1.57. The molecule has 0 amide bonds. The Morgan fingerprint density at radius 1 is 0.371 bits per heavy atom. The zero-order valence-electron chi connectivity index (χ0n) is 55.8. The third-order valence-electron chi connectivity index (χ3n) is 33.6. The highest BCUT2D eigenvalue weighted by Gasteiger charge is 2.68. The van der Waals surface area contributed by atoms with Gasteiger partial charge in [0.05, 0.1) is 25.0 Å². The van der Waals surface area contributed by atoms with E-state index < -0.39 is 0 Å². The molecule has 0 saturated heterocycles. The molecule has 0 radical (unpaired) electrons. The molecule has 0 N–H and O–H groups in total. The van der Waals surface area contributed by atoms with Crippen molar-refractivity contribution in [3.05, 3.63) is 85.1 Å². The third-order valence-corrected chi connectivity index (χ3v) is 33.6. The molecule has 0 aromatic rings. The molecule has 0 aliphatic heterocycles. The van der Waals surface area contributed by atoms with Crippen LogP contribution in [0.1, 0.15) is 194 Å². The van der Waals surface area contributed by atoms with Crippen LogP contribution in [0.25, 0.3) is 0 Å². The summed E-state index contributed by atoms with van der Waals surface area (Å²) < 4.78 is 10.3. The largest absolute Gasteiger partial charge is 0.469 e. The summed E-state index contributed by atoms with van der Waals surface area (Å²) in [7, 11) is 1.53. The molecule has 22 bridgehead atoms. The van der Waals surface area contributed by atoms with Crippen LogP contribution in [0.5, 0.6) is 0 Å². The highest BCUT2D eigenvalue weighted by atomic mass is 16.5. The quantitative estimate of drug-likeness (QED) is 0.160. The van der Waals surface area contributed by atoms with Crippen LogP contribution in [-0.2, 0) is 19.1 Å². The van der Waals surface area contributed by atoms with Crippen LogP contribution in [0.4, 0.5) is 0 Å². The summed E-state index contributed by atoms with van der Waals surface area (Å²) in [5, 5.41) is 0. The van der Waals surface area contributed by atoms with Crippen molar-refractivity contribution < 1.29 is 19.1 Å². The van der Waals surface area contributed by atoms with E-state index in [1.807, 2.05) is 6.92 Å². The molecule has 4 nitrogen and oxygen atoms in total. The Labute approximate surface area is 539 Å². The number of allylic oxidation sites excluding steroid dienone is 14. The molecule has 24 aliphatic rings. The lowest BCUT2D eigenvalue weighted by Crippen LogP contribution is -2.43. The van der Waals surface area contributed by atoms with Gasteiger partial charge < -0.3 is 9.47 Å². The van der Waals surface area contributed by atoms with Gasteiger partial charge in [0.2, 0.25) is 0 Å². The number of fused-ring (bicyclic) bond motifs is 45. The van der Waals surface area contributed by atoms with Crippen molar-refractivity contribution >= 4 is 11.9 Å². The zero-order valence-corrected chi connectivity index (χ0v) is 55.8. The first-order chi connectivity index (χ1) is 43.5. The predicted octanol–water partition coefficient (Wildman–Crippen LogP) is 19.6. The zero-order chi connectivity index (χ0) is 59.6. The van der Waals surface area contributed by atoms with E-state index in [9.17, 15) is 9.59 Å². The number of methoxy groups -OCH3 is 1. The van der Waals surface area contributed by atoms with E-state index in [1.165, 1.54) is 123 Å². The van der Waals surface area contributed by atoms with E-state index in [1.54, 1.807) is 44.9 Å². The first-order valence-corrected chi connectivity index (χ1v) is 39.6. The number of esters is 2. The Kier molecular flexibility index (Phi) is 15.3. The van der Waals surface area contributed by atoms with E-state index in [0.717, 1.165) is 208 Å². The SMILES string of the molecule is C1=CC2CC1C1C3CCC(C3)C21.C1=CC2CC1C1CCCC21.C1=CC2CC1CC2C1CCCCC1.C1=CC2CCC1C2.CC1CC2CC1C1C3C=CC(C3)C21.CCOC(=O)C1(C)CC2CC1C1C3C=CC(C3)C21.COC(=O)C1CC2CC1C1C3C=CC(C3)C21. The summed E-state index contributed by atoms with van der Waals surface area (Å²) in [6.45, 7) is 7.10. The maximum atomic E-state index is 12.3. The van der Waals surface area contributed by atoms with Crippen molar-refractivity contribution in [2.24, 2.45) is 218 Å². The molecule has 0 aromatic carbocycles. The minimum Gasteiger partial charge on any atom is -0.469 e. The van der Waals surface area contributed by atoms with Crippen molar-refractivity contribution in [1.82, 2.24) is 0 Å². The topological polar surface area (TPSA) is 52.6 Å². The van der Waals surface area contributed by atoms with Crippen LogP contribution >= 0.6 is 0 Å². The first-order valence-electron chi connectivity index (χ1n) is 39.6. The van der Waals surface area contributed by atoms with Crippen LogP contribution in [-0.4, -0.2) is 25.7 Å². The van der Waals surface area contributed by atoms with Crippen molar-refractivity contribution in [3.8, 4) is 0 Å². The first kappa shape index (κ1) is 58.7. The maximum absolute atomic E-state index is 12.3. The lowest BCUT2D eigenvalue weighted by atomic mass is 9.63. The van der Waals surface area contributed by atoms with Crippen LogP contribution in [0, 0.1) is 218 Å². The molecule has 17 fully saturated rings. The fourth-order valence-electron chi connectivity index (χ4n) is 30.8. The normalized spacial score (nSPS) is 55.9. The van der Waals surface area contributed by atoms with E-state index in [2.05, 4.69) is 98.9 Å². The highest BCUT2D eigenvalue weighted by molar-refractivity contribution is 5.78. The van der Waals surface area contributed by atoms with Gasteiger partial charge in [-0.3, -0.25) is 9.59 Å². The lowest BCUT2D eigenvalue weighted by molar-refractivity contribution is -0.160. The summed E-state index contributed by atoms with van der Waals surface area (Å²) in [5.74, 6) is 34.5. The molecule has 4 heteroatoms. The summed E-state index contributed by atoms with van der Waals surface area (Å²) in [6.07, 6.45) is 74.2. The summed E-state index contributed by atoms with van der Waals surface area (Å²) in [6, 6.07) is 0. The number of carbonyl (C=O) groups is 2. The van der Waals surface area contributed by atoms with E-state index in [0.29, 0.717) is 18.4 Å². The molecular weight excluding hydrogens is 1080 g/mol. The van der Waals surface area contributed by atoms with Crippen molar-refractivity contribution in [2.45, 2.75) is 194 Å². The lowest BCUT2D eigenvalue weighted by Gasteiger charge is -2.41. The van der Waals surface area contributed by atoms with Gasteiger partial charge in [0.15, 0.2) is 0 Å². The number of hydrogen-bond donors (Lipinski definition) is 0. The number of rotatable bonds is 4. The summed E-state index contributed by atoms with van der Waals surface area (Å²) in [5.41, 5.74) is -0.180. The van der Waals surface area contributed by atoms with Gasteiger partial charge in [-0.1, -0.05) is 131 Å². The molecule has 89 heavy (non-hydrogen) atoms. The van der Waals surface area contributed by atoms with Crippen LogP contribution < -0.4 is 0 Å². The van der Waals surface area contributed by atoms with Crippen molar-refractivity contribution in [1.29, 1.82) is 0 Å². The molecule has 24 rings (SSSR count). The number of ether oxygens (including phenoxy) is 2. The standard InChI is InChI=1S/C16H22O2.C14H18O2.C13H18.C13H20.C12H16.C10H14.C7H10/c1-3-18-15(17)16(2)8-11-7-12(16)14-10-5-4-9(6-10)13(11)14;1-16-14(15)11-6-9-5-10(11)13-8-3-2-7(4-8)12(9)13;1-7-4-10-6-11(7)13-9-3-2-8(5-9)12(10)13;1-2-4-11(5-3-1)13-9-10-6-7-12(13)8-10;1-2-8-5-7(1)11-9-3-4-10(6-9)12(8)11;1-2-9-7-4-5-8(6-7)10(9)3-1;1-2-7-4-3-6(1)5-7/h4-5,9-14H,3,6-8H2,1-2H3;2-3,7-13H,4-6H2,1H3;2-3,7-13H,4-6H2,1H3;6-7,10-13H,1-5,8-9H2;1-2,7-12H,3-6H2;4-5,7-10H,1-3,6H2;1-2,6-7H,3-5H2. The molecule has 0 aromatic heterocycles. The smallest absolute Gasteiger partial charge is 0.312 e. The van der Waals surface area contributed by atoms with Crippen LogP contribution in [0.2, 0.25) is 0 Å². The van der Waals surface area contributed by atoms with E-state index in [-0.39, 0.29) is 23.3 Å². The minimum atomic E-state index is -0.180. The molecule has 36 atom stereocenters. The predicted molar refractivity (Wildman–Crippen MR) is 357 cm³/mol. The van der Waals surface area contributed by atoms with Gasteiger partial charge in [0, 0.05) is 0 Å². The fourth-order valence-corrected chi connectivity index (χ4v) is 30.8. The monoisotopic (exact) mass is 1200 g/mol. The van der Waals surface area contributed by atoms with Gasteiger partial charge in [-0.2, -0.15) is 0 Å². The van der Waals surface area contributed by atoms with Gasteiger partial charge in [-0.25, -0.2) is 0 Å². The molecule has 0 spiro atoms. The van der Waals surface area contributed by atoms with Gasteiger partial charge >= 0.3 is 11.9 Å². The van der Waals surface area contributed by atoms with Crippen LogP contribution in [0.15, 0.2) is 85.1 Å². The highest BCUT2D eigenvalue weighted by Crippen LogP contribution is 2.72. The second kappa shape index (κ2) is 23.2. The van der Waals surface area contributed by atoms with Crippen molar-refractivity contribution in [3.63, 3.8) is 0 Å². The molecule has 0 heterocycles. The van der Waals surface area contributed by atoms with Gasteiger partial charge in [0.25, 0.3) is 0 Å². The number of carbonyl (C=O) groups excluding carboxylic acids is 2.